The van der Waals surface area contributed by atoms with Crippen molar-refractivity contribution in [3.8, 4) is 0 Å². The summed E-state index contributed by atoms with van der Waals surface area (Å²) in [6.07, 6.45) is 4.07. The van der Waals surface area contributed by atoms with E-state index >= 15 is 0 Å². The fourth-order valence-electron chi connectivity index (χ4n) is 2.42. The molecule has 2 nitrogen and oxygen atoms in total. The van der Waals surface area contributed by atoms with Crippen molar-refractivity contribution in [2.75, 3.05) is 25.2 Å². The Morgan fingerprint density at radius 1 is 1.37 bits per heavy atom. The maximum Gasteiger partial charge on any atom is 0.0666 e. The lowest BCUT2D eigenvalue weighted by Gasteiger charge is -2.18. The van der Waals surface area contributed by atoms with E-state index in [4.69, 9.17) is 4.74 Å². The highest BCUT2D eigenvalue weighted by Crippen LogP contribution is 2.22. The van der Waals surface area contributed by atoms with Crippen molar-refractivity contribution in [2.45, 2.75) is 38.3 Å². The van der Waals surface area contributed by atoms with Crippen molar-refractivity contribution in [3.05, 3.63) is 35.4 Å². The maximum absolute atomic E-state index is 5.66. The first-order valence-electron chi connectivity index (χ1n) is 7.29. The predicted molar refractivity (Wildman–Crippen MR) is 83.9 cm³/mol. The third-order valence-corrected chi connectivity index (χ3v) is 4.93. The van der Waals surface area contributed by atoms with Gasteiger partial charge in [-0.3, -0.25) is 0 Å². The van der Waals surface area contributed by atoms with E-state index < -0.39 is 0 Å². The van der Waals surface area contributed by atoms with E-state index in [1.165, 1.54) is 24.0 Å². The molecule has 19 heavy (non-hydrogen) atoms. The van der Waals surface area contributed by atoms with Crippen LogP contribution in [-0.2, 0) is 11.2 Å². The number of aryl methyl sites for hydroxylation is 1. The lowest BCUT2D eigenvalue weighted by atomic mass is 10.1. The number of ether oxygens (including phenoxy) is 1. The molecule has 0 amide bonds. The first-order chi connectivity index (χ1) is 9.33. The molecular weight excluding hydrogens is 254 g/mol. The van der Waals surface area contributed by atoms with Gasteiger partial charge in [-0.15, -0.1) is 0 Å². The lowest BCUT2D eigenvalue weighted by molar-refractivity contribution is 0.129. The van der Waals surface area contributed by atoms with Crippen LogP contribution in [0.15, 0.2) is 24.3 Å². The van der Waals surface area contributed by atoms with Gasteiger partial charge in [0.2, 0.25) is 0 Å². The summed E-state index contributed by atoms with van der Waals surface area (Å²) >= 11 is 2.00. The second kappa shape index (κ2) is 7.93. The van der Waals surface area contributed by atoms with Crippen LogP contribution in [0, 0.1) is 0 Å². The van der Waals surface area contributed by atoms with Gasteiger partial charge in [0.1, 0.15) is 0 Å². The molecule has 1 fully saturated rings. The molecule has 1 aliphatic heterocycles. The number of rotatable bonds is 7. The molecule has 106 valence electrons. The molecule has 1 aliphatic rings. The Bertz CT molecular complexity index is 360. The van der Waals surface area contributed by atoms with Gasteiger partial charge >= 0.3 is 0 Å². The molecule has 0 saturated carbocycles. The predicted octanol–water partition coefficient (Wildman–Crippen LogP) is 3.42. The molecule has 2 atom stereocenters. The minimum Gasteiger partial charge on any atom is -0.377 e. The molecule has 0 radical (unpaired) electrons. The number of hydrogen-bond acceptors (Lipinski definition) is 3. The number of thioether (sulfide) groups is 1. The molecule has 1 saturated heterocycles. The van der Waals surface area contributed by atoms with Crippen LogP contribution in [0.1, 0.15) is 36.9 Å². The SMILES string of the molecule is CCc1ccc(C(CSCC2CCCO2)NC)cc1. The van der Waals surface area contributed by atoms with Gasteiger partial charge in [0.25, 0.3) is 0 Å². The van der Waals surface area contributed by atoms with Gasteiger partial charge in [0.05, 0.1) is 6.10 Å². The molecule has 0 aliphatic carbocycles. The smallest absolute Gasteiger partial charge is 0.0666 e. The zero-order valence-corrected chi connectivity index (χ0v) is 12.8. The molecule has 3 heteroatoms. The maximum atomic E-state index is 5.66. The number of nitrogens with one attached hydrogen (secondary N) is 1. The Morgan fingerprint density at radius 2 is 2.16 bits per heavy atom. The van der Waals surface area contributed by atoms with Crippen molar-refractivity contribution < 1.29 is 4.74 Å². The quantitative estimate of drug-likeness (QED) is 0.826. The molecule has 1 N–H and O–H groups in total. The molecular formula is C16H25NOS. The standard InChI is InChI=1S/C16H25NOS/c1-3-13-6-8-14(9-7-13)16(17-2)12-19-11-15-5-4-10-18-15/h6-9,15-17H,3-5,10-12H2,1-2H3. The van der Waals surface area contributed by atoms with Gasteiger partial charge in [-0.05, 0) is 37.4 Å². The summed E-state index contributed by atoms with van der Waals surface area (Å²) in [7, 11) is 2.05. The summed E-state index contributed by atoms with van der Waals surface area (Å²) in [6, 6.07) is 9.44. The van der Waals surface area contributed by atoms with Crippen LogP contribution in [-0.4, -0.2) is 31.3 Å². The van der Waals surface area contributed by atoms with Crippen molar-refractivity contribution in [1.82, 2.24) is 5.32 Å². The van der Waals surface area contributed by atoms with Crippen molar-refractivity contribution in [2.24, 2.45) is 0 Å². The molecule has 1 aromatic rings. The van der Waals surface area contributed by atoms with Crippen LogP contribution < -0.4 is 5.32 Å². The minimum atomic E-state index is 0.442. The van der Waals surface area contributed by atoms with Gasteiger partial charge < -0.3 is 10.1 Å². The van der Waals surface area contributed by atoms with Crippen LogP contribution in [0.5, 0.6) is 0 Å². The van der Waals surface area contributed by atoms with Gasteiger partial charge in [-0.1, -0.05) is 31.2 Å². The van der Waals surface area contributed by atoms with Gasteiger partial charge in [-0.25, -0.2) is 0 Å². The van der Waals surface area contributed by atoms with Crippen LogP contribution in [0.3, 0.4) is 0 Å². The van der Waals surface area contributed by atoms with E-state index in [-0.39, 0.29) is 0 Å². The molecule has 1 heterocycles. The number of hydrogen-bond donors (Lipinski definition) is 1. The normalized spacial score (nSPS) is 20.6. The third-order valence-electron chi connectivity index (χ3n) is 3.75. The number of benzene rings is 1. The average Bonchev–Trinajstić information content (AvgIpc) is 2.97. The summed E-state index contributed by atoms with van der Waals surface area (Å²) in [5.41, 5.74) is 2.80. The second-order valence-corrected chi connectivity index (χ2v) is 6.18. The highest BCUT2D eigenvalue weighted by molar-refractivity contribution is 7.99. The highest BCUT2D eigenvalue weighted by atomic mass is 32.2. The van der Waals surface area contributed by atoms with E-state index in [1.807, 2.05) is 18.8 Å². The molecule has 0 bridgehead atoms. The fraction of sp³-hybridized carbons (Fsp3) is 0.625. The molecule has 1 aromatic carbocycles. The molecule has 2 rings (SSSR count). The van der Waals surface area contributed by atoms with Gasteiger partial charge in [0.15, 0.2) is 0 Å². The summed E-state index contributed by atoms with van der Waals surface area (Å²) in [4.78, 5) is 0. The largest absolute Gasteiger partial charge is 0.377 e. The fourth-order valence-corrected chi connectivity index (χ4v) is 3.68. The molecule has 2 unspecified atom stereocenters. The first-order valence-corrected chi connectivity index (χ1v) is 8.44. The van der Waals surface area contributed by atoms with Crippen molar-refractivity contribution in [1.29, 1.82) is 0 Å². The van der Waals surface area contributed by atoms with Gasteiger partial charge in [0, 0.05) is 24.2 Å². The second-order valence-electron chi connectivity index (χ2n) is 5.11. The Kier molecular flexibility index (Phi) is 6.21. The summed E-state index contributed by atoms with van der Waals surface area (Å²) in [6.45, 7) is 3.15. The topological polar surface area (TPSA) is 21.3 Å². The Balaban J connectivity index is 1.80. The van der Waals surface area contributed by atoms with Crippen LogP contribution in [0.4, 0.5) is 0 Å². The zero-order valence-electron chi connectivity index (χ0n) is 12.0. The first kappa shape index (κ1) is 14.9. The van der Waals surface area contributed by atoms with E-state index in [0.29, 0.717) is 12.1 Å². The minimum absolute atomic E-state index is 0.442. The Hall–Kier alpha value is -0.510. The summed E-state index contributed by atoms with van der Waals surface area (Å²) in [5.74, 6) is 2.24. The van der Waals surface area contributed by atoms with E-state index in [1.54, 1.807) is 0 Å². The Morgan fingerprint density at radius 3 is 2.74 bits per heavy atom. The Labute approximate surface area is 121 Å². The van der Waals surface area contributed by atoms with Gasteiger partial charge in [-0.2, -0.15) is 11.8 Å². The average molecular weight is 279 g/mol. The molecule has 0 aromatic heterocycles. The van der Waals surface area contributed by atoms with E-state index in [2.05, 4.69) is 36.5 Å². The molecule has 0 spiro atoms. The highest BCUT2D eigenvalue weighted by Gasteiger charge is 2.16. The van der Waals surface area contributed by atoms with Crippen molar-refractivity contribution in [3.63, 3.8) is 0 Å². The summed E-state index contributed by atoms with van der Waals surface area (Å²) in [5, 5.41) is 3.42. The lowest BCUT2D eigenvalue weighted by Crippen LogP contribution is -2.20. The van der Waals surface area contributed by atoms with Crippen molar-refractivity contribution >= 4 is 11.8 Å². The van der Waals surface area contributed by atoms with E-state index in [0.717, 1.165) is 24.5 Å². The monoisotopic (exact) mass is 279 g/mol. The zero-order chi connectivity index (χ0) is 13.5. The van der Waals surface area contributed by atoms with Crippen LogP contribution in [0.25, 0.3) is 0 Å². The van der Waals surface area contributed by atoms with Crippen LogP contribution in [0.2, 0.25) is 0 Å². The third kappa shape index (κ3) is 4.51. The summed E-state index contributed by atoms with van der Waals surface area (Å²) < 4.78 is 5.66. The van der Waals surface area contributed by atoms with E-state index in [9.17, 15) is 0 Å². The van der Waals surface area contributed by atoms with Crippen LogP contribution >= 0.6 is 11.8 Å².